The molecule has 0 unspecified atom stereocenters. The molecule has 0 spiro atoms. The highest BCUT2D eigenvalue weighted by Gasteiger charge is 2.13. The highest BCUT2D eigenvalue weighted by molar-refractivity contribution is 6.85. The highest BCUT2D eigenvalue weighted by atomic mass is 28.3. The van der Waals surface area contributed by atoms with Crippen molar-refractivity contribution in [1.82, 2.24) is 0 Å². The van der Waals surface area contributed by atoms with Crippen LogP contribution >= 0.6 is 0 Å². The molecule has 0 aromatic carbocycles. The lowest BCUT2D eigenvalue weighted by molar-refractivity contribution is 0.0895. The smallest absolute Gasteiger partial charge is 0.132 e. The molecule has 0 saturated carbocycles. The van der Waals surface area contributed by atoms with Crippen molar-refractivity contribution in [3.63, 3.8) is 0 Å². The van der Waals surface area contributed by atoms with Crippen molar-refractivity contribution in [2.24, 2.45) is 0 Å². The van der Waals surface area contributed by atoms with E-state index in [2.05, 4.69) is 31.5 Å². The lowest BCUT2D eigenvalue weighted by Crippen LogP contribution is -2.21. The van der Waals surface area contributed by atoms with E-state index < -0.39 is 8.07 Å². The number of hydrogen-bond acceptors (Lipinski definition) is 2. The molecule has 0 bridgehead atoms. The molecule has 0 amide bonds. The summed E-state index contributed by atoms with van der Waals surface area (Å²) in [7, 11) is -1.16. The molecule has 0 aliphatic heterocycles. The van der Waals surface area contributed by atoms with Gasteiger partial charge in [0.2, 0.25) is 0 Å². The van der Waals surface area contributed by atoms with Crippen LogP contribution in [-0.4, -0.2) is 33.0 Å². The van der Waals surface area contributed by atoms with Crippen LogP contribution in [0, 0.1) is 11.5 Å². The van der Waals surface area contributed by atoms with Gasteiger partial charge in [-0.2, -0.15) is 0 Å². The normalized spacial score (nSPS) is 11.3. The minimum Gasteiger partial charge on any atom is -0.394 e. The van der Waals surface area contributed by atoms with E-state index in [9.17, 15) is 0 Å². The van der Waals surface area contributed by atoms with Crippen LogP contribution in [0.1, 0.15) is 77.6 Å². The van der Waals surface area contributed by atoms with Gasteiger partial charge in [0.05, 0.1) is 13.2 Å². The fourth-order valence-electron chi connectivity index (χ4n) is 2.39. The van der Waals surface area contributed by atoms with E-state index in [0.29, 0.717) is 6.61 Å². The van der Waals surface area contributed by atoms with Gasteiger partial charge >= 0.3 is 0 Å². The summed E-state index contributed by atoms with van der Waals surface area (Å²) in [6.07, 6.45) is 14.4. The molecule has 0 heterocycles. The molecule has 0 aliphatic carbocycles. The summed E-state index contributed by atoms with van der Waals surface area (Å²) in [5.74, 6) is 3.41. The summed E-state index contributed by atoms with van der Waals surface area (Å²) in [5.41, 5.74) is 3.52. The number of rotatable bonds is 15. The van der Waals surface area contributed by atoms with Gasteiger partial charge in [-0.15, -0.1) is 11.5 Å². The van der Waals surface area contributed by atoms with Gasteiger partial charge in [-0.1, -0.05) is 71.4 Å². The average molecular weight is 341 g/mol. The van der Waals surface area contributed by atoms with Crippen LogP contribution in [-0.2, 0) is 4.74 Å². The number of aliphatic hydroxyl groups excluding tert-OH is 1. The fourth-order valence-corrected chi connectivity index (χ4v) is 3.17. The first kappa shape index (κ1) is 22.7. The van der Waals surface area contributed by atoms with Crippen molar-refractivity contribution in [3.8, 4) is 11.5 Å². The van der Waals surface area contributed by atoms with Gasteiger partial charge in [0, 0.05) is 13.0 Å². The SMILES string of the molecule is CC[Si](C)(C)C#CCCCCCCCCCCCCOCCO. The minimum atomic E-state index is -1.16. The second-order valence-electron chi connectivity index (χ2n) is 7.16. The Balaban J connectivity index is 3.17. The van der Waals surface area contributed by atoms with Crippen LogP contribution < -0.4 is 0 Å². The third-order valence-corrected chi connectivity index (χ3v) is 7.01. The first-order valence-electron chi connectivity index (χ1n) is 9.81. The van der Waals surface area contributed by atoms with Gasteiger partial charge in [0.1, 0.15) is 8.07 Å². The Bertz CT molecular complexity index is 304. The highest BCUT2D eigenvalue weighted by Crippen LogP contribution is 2.11. The topological polar surface area (TPSA) is 29.5 Å². The Morgan fingerprint density at radius 2 is 1.30 bits per heavy atom. The molecule has 3 heteroatoms. The van der Waals surface area contributed by atoms with Crippen molar-refractivity contribution in [3.05, 3.63) is 0 Å². The summed E-state index contributed by atoms with van der Waals surface area (Å²) in [4.78, 5) is 0. The molecule has 0 aliphatic rings. The maximum atomic E-state index is 8.58. The number of unbranched alkanes of at least 4 members (excludes halogenated alkanes) is 10. The third kappa shape index (κ3) is 17.9. The molecule has 0 rings (SSSR count). The van der Waals surface area contributed by atoms with Crippen LogP contribution in [0.25, 0.3) is 0 Å². The van der Waals surface area contributed by atoms with E-state index in [-0.39, 0.29) is 6.61 Å². The van der Waals surface area contributed by atoms with E-state index in [1.54, 1.807) is 0 Å². The van der Waals surface area contributed by atoms with Crippen molar-refractivity contribution in [2.75, 3.05) is 19.8 Å². The molecule has 136 valence electrons. The quantitative estimate of drug-likeness (QED) is 0.240. The predicted molar refractivity (Wildman–Crippen MR) is 104 cm³/mol. The summed E-state index contributed by atoms with van der Waals surface area (Å²) in [6.45, 7) is 8.44. The zero-order valence-electron chi connectivity index (χ0n) is 16.0. The Hall–Kier alpha value is -0.303. The molecule has 0 atom stereocenters. The maximum absolute atomic E-state index is 8.58. The monoisotopic (exact) mass is 340 g/mol. The van der Waals surface area contributed by atoms with Gasteiger partial charge in [-0.25, -0.2) is 0 Å². The maximum Gasteiger partial charge on any atom is 0.132 e. The van der Waals surface area contributed by atoms with Crippen molar-refractivity contribution in [2.45, 2.75) is 96.7 Å². The molecule has 2 nitrogen and oxygen atoms in total. The first-order chi connectivity index (χ1) is 11.1. The standard InChI is InChI=1S/C20H40O2Si/c1-4-23(2,3)20-16-14-12-10-8-6-5-7-9-11-13-15-18-22-19-17-21/h21H,4-15,17-19H2,1-3H3. The van der Waals surface area contributed by atoms with Crippen LogP contribution in [0.2, 0.25) is 19.1 Å². The fraction of sp³-hybridized carbons (Fsp3) is 0.900. The third-order valence-electron chi connectivity index (χ3n) is 4.39. The van der Waals surface area contributed by atoms with E-state index in [0.717, 1.165) is 19.4 Å². The second kappa shape index (κ2) is 16.6. The van der Waals surface area contributed by atoms with Crippen LogP contribution in [0.5, 0.6) is 0 Å². The van der Waals surface area contributed by atoms with Crippen LogP contribution in [0.3, 0.4) is 0 Å². The minimum absolute atomic E-state index is 0.144. The lowest BCUT2D eigenvalue weighted by Gasteiger charge is -2.09. The molecule has 0 fully saturated rings. The van der Waals surface area contributed by atoms with Gasteiger partial charge in [0.15, 0.2) is 0 Å². The number of aliphatic hydroxyl groups is 1. The Morgan fingerprint density at radius 3 is 1.83 bits per heavy atom. The Kier molecular flexibility index (Phi) is 16.3. The Morgan fingerprint density at radius 1 is 0.783 bits per heavy atom. The van der Waals surface area contributed by atoms with E-state index in [1.807, 2.05) is 0 Å². The zero-order valence-corrected chi connectivity index (χ0v) is 17.0. The number of ether oxygens (including phenoxy) is 1. The van der Waals surface area contributed by atoms with Gasteiger partial charge in [-0.3, -0.25) is 0 Å². The van der Waals surface area contributed by atoms with Crippen LogP contribution in [0.4, 0.5) is 0 Å². The summed E-state index contributed by atoms with van der Waals surface area (Å²) in [6, 6.07) is 1.27. The van der Waals surface area contributed by atoms with Crippen molar-refractivity contribution >= 4 is 8.07 Å². The molecular weight excluding hydrogens is 300 g/mol. The lowest BCUT2D eigenvalue weighted by atomic mass is 10.1. The number of hydrogen-bond donors (Lipinski definition) is 1. The molecule has 1 N–H and O–H groups in total. The van der Waals surface area contributed by atoms with E-state index in [4.69, 9.17) is 9.84 Å². The van der Waals surface area contributed by atoms with Gasteiger partial charge in [-0.05, 0) is 18.9 Å². The van der Waals surface area contributed by atoms with Gasteiger partial charge < -0.3 is 9.84 Å². The molecule has 0 radical (unpaired) electrons. The average Bonchev–Trinajstić information content (AvgIpc) is 2.54. The Labute approximate surface area is 146 Å². The summed E-state index contributed by atoms with van der Waals surface area (Å²) < 4.78 is 5.25. The van der Waals surface area contributed by atoms with Crippen LogP contribution in [0.15, 0.2) is 0 Å². The largest absolute Gasteiger partial charge is 0.394 e. The predicted octanol–water partition coefficient (Wildman–Crippen LogP) is 5.56. The summed E-state index contributed by atoms with van der Waals surface area (Å²) >= 11 is 0. The molecule has 0 aromatic heterocycles. The van der Waals surface area contributed by atoms with Crippen molar-refractivity contribution in [1.29, 1.82) is 0 Å². The second-order valence-corrected chi connectivity index (χ2v) is 11.9. The molecule has 0 aromatic rings. The first-order valence-corrected chi connectivity index (χ1v) is 13.0. The van der Waals surface area contributed by atoms with Gasteiger partial charge in [0.25, 0.3) is 0 Å². The molecule has 0 saturated heterocycles. The zero-order chi connectivity index (χ0) is 17.2. The summed E-state index contributed by atoms with van der Waals surface area (Å²) in [5, 5.41) is 8.58. The van der Waals surface area contributed by atoms with E-state index >= 15 is 0 Å². The van der Waals surface area contributed by atoms with E-state index in [1.165, 1.54) is 63.8 Å². The molecule has 23 heavy (non-hydrogen) atoms. The molecular formula is C20H40O2Si. The van der Waals surface area contributed by atoms with Crippen molar-refractivity contribution < 1.29 is 9.84 Å².